The van der Waals surface area contributed by atoms with E-state index in [0.29, 0.717) is 34.4 Å². The minimum absolute atomic E-state index is 0.177. The lowest BCUT2D eigenvalue weighted by Gasteiger charge is -2.17. The second kappa shape index (κ2) is 6.03. The molecule has 24 heavy (non-hydrogen) atoms. The Balaban J connectivity index is 1.69. The SMILES string of the molecule is N=C(c1ccc2c(c1)OCO2)c1c(NC2CCCC2)cc[nH]c1=O. The molecule has 0 bridgehead atoms. The van der Waals surface area contributed by atoms with Crippen LogP contribution in [0.3, 0.4) is 0 Å². The summed E-state index contributed by atoms with van der Waals surface area (Å²) in [5, 5.41) is 12.0. The van der Waals surface area contributed by atoms with Gasteiger partial charge in [0.05, 0.1) is 17.0 Å². The summed E-state index contributed by atoms with van der Waals surface area (Å²) in [4.78, 5) is 15.0. The molecule has 2 aromatic rings. The number of fused-ring (bicyclic) bond motifs is 1. The summed E-state index contributed by atoms with van der Waals surface area (Å²) in [5.41, 5.74) is 1.62. The molecule has 4 rings (SSSR count). The van der Waals surface area contributed by atoms with E-state index in [1.54, 1.807) is 24.4 Å². The third kappa shape index (κ3) is 2.64. The number of hydrogen-bond acceptors (Lipinski definition) is 5. The highest BCUT2D eigenvalue weighted by atomic mass is 16.7. The van der Waals surface area contributed by atoms with E-state index >= 15 is 0 Å². The van der Waals surface area contributed by atoms with Gasteiger partial charge < -0.3 is 19.8 Å². The van der Waals surface area contributed by atoms with Crippen LogP contribution in [0.5, 0.6) is 11.5 Å². The Morgan fingerprint density at radius 3 is 2.79 bits per heavy atom. The molecule has 1 aromatic carbocycles. The zero-order valence-corrected chi connectivity index (χ0v) is 13.2. The number of aromatic nitrogens is 1. The molecule has 0 unspecified atom stereocenters. The fourth-order valence-electron chi connectivity index (χ4n) is 3.33. The monoisotopic (exact) mass is 325 g/mol. The average molecular weight is 325 g/mol. The Morgan fingerprint density at radius 1 is 1.17 bits per heavy atom. The van der Waals surface area contributed by atoms with Gasteiger partial charge in [-0.1, -0.05) is 12.8 Å². The van der Waals surface area contributed by atoms with Crippen LogP contribution in [0.25, 0.3) is 0 Å². The highest BCUT2D eigenvalue weighted by Crippen LogP contribution is 2.33. The molecule has 1 saturated carbocycles. The molecule has 2 aliphatic rings. The van der Waals surface area contributed by atoms with Crippen molar-refractivity contribution in [3.8, 4) is 11.5 Å². The standard InChI is InChI=1S/C18H19N3O3/c19-17(11-5-6-14-15(9-11)24-10-23-14)16-13(7-8-20-18(16)22)21-12-3-1-2-4-12/h5-9,12,19H,1-4,10H2,(H2,20,21,22). The average Bonchev–Trinajstić information content (AvgIpc) is 3.25. The molecule has 0 amide bonds. The Morgan fingerprint density at radius 2 is 1.96 bits per heavy atom. The fraction of sp³-hybridized carbons (Fsp3) is 0.333. The minimum Gasteiger partial charge on any atom is -0.454 e. The van der Waals surface area contributed by atoms with E-state index in [1.807, 2.05) is 6.07 Å². The highest BCUT2D eigenvalue weighted by Gasteiger charge is 2.21. The summed E-state index contributed by atoms with van der Waals surface area (Å²) in [7, 11) is 0. The van der Waals surface area contributed by atoms with Crippen molar-refractivity contribution in [2.24, 2.45) is 0 Å². The number of anilines is 1. The van der Waals surface area contributed by atoms with Crippen molar-refractivity contribution in [1.82, 2.24) is 4.98 Å². The highest BCUT2D eigenvalue weighted by molar-refractivity contribution is 6.14. The first-order chi connectivity index (χ1) is 11.7. The lowest BCUT2D eigenvalue weighted by molar-refractivity contribution is 0.174. The van der Waals surface area contributed by atoms with Gasteiger partial charge in [-0.25, -0.2) is 0 Å². The van der Waals surface area contributed by atoms with E-state index in [0.717, 1.165) is 12.8 Å². The largest absolute Gasteiger partial charge is 0.454 e. The van der Waals surface area contributed by atoms with Crippen molar-refractivity contribution < 1.29 is 9.47 Å². The number of nitrogens with one attached hydrogen (secondary N) is 3. The molecule has 124 valence electrons. The number of aromatic amines is 1. The number of benzene rings is 1. The summed E-state index contributed by atoms with van der Waals surface area (Å²) in [5.74, 6) is 1.27. The third-order valence-corrected chi connectivity index (χ3v) is 4.59. The molecule has 3 N–H and O–H groups in total. The molecule has 6 nitrogen and oxygen atoms in total. The molecule has 0 atom stereocenters. The van der Waals surface area contributed by atoms with Crippen molar-refractivity contribution in [3.05, 3.63) is 51.9 Å². The Bertz CT molecular complexity index is 838. The molecular formula is C18H19N3O3. The van der Waals surface area contributed by atoms with Gasteiger partial charge in [0.15, 0.2) is 11.5 Å². The van der Waals surface area contributed by atoms with Gasteiger partial charge in [-0.15, -0.1) is 0 Å². The van der Waals surface area contributed by atoms with E-state index in [4.69, 9.17) is 14.9 Å². The second-order valence-corrected chi connectivity index (χ2v) is 6.16. The summed E-state index contributed by atoms with van der Waals surface area (Å²) < 4.78 is 10.7. The normalized spacial score (nSPS) is 16.3. The lowest BCUT2D eigenvalue weighted by Crippen LogP contribution is -2.24. The Hall–Kier alpha value is -2.76. The number of ether oxygens (including phenoxy) is 2. The molecule has 1 aliphatic heterocycles. The van der Waals surface area contributed by atoms with E-state index in [9.17, 15) is 4.79 Å². The van der Waals surface area contributed by atoms with E-state index < -0.39 is 0 Å². The quantitative estimate of drug-likeness (QED) is 0.754. The van der Waals surface area contributed by atoms with E-state index in [-0.39, 0.29) is 18.1 Å². The number of pyridine rings is 1. The summed E-state index contributed by atoms with van der Waals surface area (Å²) >= 11 is 0. The molecule has 1 aliphatic carbocycles. The number of hydrogen-bond donors (Lipinski definition) is 3. The van der Waals surface area contributed by atoms with Gasteiger partial charge in [0.2, 0.25) is 6.79 Å². The topological polar surface area (TPSA) is 87.2 Å². The van der Waals surface area contributed by atoms with Crippen molar-refractivity contribution in [3.63, 3.8) is 0 Å². The van der Waals surface area contributed by atoms with Gasteiger partial charge >= 0.3 is 0 Å². The van der Waals surface area contributed by atoms with Crippen LogP contribution in [0.15, 0.2) is 35.3 Å². The molecule has 0 spiro atoms. The van der Waals surface area contributed by atoms with Crippen LogP contribution in [0, 0.1) is 5.41 Å². The Kier molecular flexibility index (Phi) is 3.72. The van der Waals surface area contributed by atoms with Gasteiger partial charge in [0.1, 0.15) is 0 Å². The van der Waals surface area contributed by atoms with Crippen LogP contribution in [0.1, 0.15) is 36.8 Å². The maximum Gasteiger partial charge on any atom is 0.259 e. The van der Waals surface area contributed by atoms with E-state index in [2.05, 4.69) is 10.3 Å². The van der Waals surface area contributed by atoms with E-state index in [1.165, 1.54) is 12.8 Å². The van der Waals surface area contributed by atoms with Crippen LogP contribution >= 0.6 is 0 Å². The number of rotatable bonds is 4. The maximum atomic E-state index is 12.4. The molecule has 1 aromatic heterocycles. The number of H-pyrrole nitrogens is 1. The predicted molar refractivity (Wildman–Crippen MR) is 91.4 cm³/mol. The van der Waals surface area contributed by atoms with Crippen LogP contribution in [-0.4, -0.2) is 23.5 Å². The molecule has 1 fully saturated rings. The third-order valence-electron chi connectivity index (χ3n) is 4.59. The van der Waals surface area contributed by atoms with Gasteiger partial charge in [-0.3, -0.25) is 10.2 Å². The van der Waals surface area contributed by atoms with Gasteiger partial charge in [0.25, 0.3) is 5.56 Å². The van der Waals surface area contributed by atoms with Crippen molar-refractivity contribution >= 4 is 11.4 Å². The zero-order valence-electron chi connectivity index (χ0n) is 13.2. The van der Waals surface area contributed by atoms with Crippen molar-refractivity contribution in [2.75, 3.05) is 12.1 Å². The first-order valence-corrected chi connectivity index (χ1v) is 8.19. The van der Waals surface area contributed by atoms with Gasteiger partial charge in [-0.05, 0) is 37.1 Å². The minimum atomic E-state index is -0.263. The van der Waals surface area contributed by atoms with Crippen LogP contribution in [0.4, 0.5) is 5.69 Å². The van der Waals surface area contributed by atoms with Gasteiger partial charge in [-0.2, -0.15) is 0 Å². The van der Waals surface area contributed by atoms with Gasteiger partial charge in [0, 0.05) is 17.8 Å². The zero-order chi connectivity index (χ0) is 16.5. The molecule has 2 heterocycles. The first-order valence-electron chi connectivity index (χ1n) is 8.19. The van der Waals surface area contributed by atoms with Crippen molar-refractivity contribution in [1.29, 1.82) is 5.41 Å². The fourth-order valence-corrected chi connectivity index (χ4v) is 3.33. The molecule has 6 heteroatoms. The molecule has 0 saturated heterocycles. The predicted octanol–water partition coefficient (Wildman–Crippen LogP) is 2.87. The van der Waals surface area contributed by atoms with Crippen molar-refractivity contribution in [2.45, 2.75) is 31.7 Å². The molecular weight excluding hydrogens is 306 g/mol. The van der Waals surface area contributed by atoms with Crippen LogP contribution in [0.2, 0.25) is 0 Å². The first kappa shape index (κ1) is 14.8. The summed E-state index contributed by atoms with van der Waals surface area (Å²) in [6.45, 7) is 0.187. The maximum absolute atomic E-state index is 12.4. The Labute approximate surface area is 139 Å². The lowest BCUT2D eigenvalue weighted by atomic mass is 10.0. The van der Waals surface area contributed by atoms with Crippen LogP contribution < -0.4 is 20.3 Å². The smallest absolute Gasteiger partial charge is 0.259 e. The summed E-state index contributed by atoms with van der Waals surface area (Å²) in [6, 6.07) is 7.50. The molecule has 0 radical (unpaired) electrons. The second-order valence-electron chi connectivity index (χ2n) is 6.16. The van der Waals surface area contributed by atoms with Crippen LogP contribution in [-0.2, 0) is 0 Å². The summed E-state index contributed by atoms with van der Waals surface area (Å²) in [6.07, 6.45) is 6.23.